The predicted octanol–water partition coefficient (Wildman–Crippen LogP) is 1.23. The van der Waals surface area contributed by atoms with Gasteiger partial charge in [-0.2, -0.15) is 0 Å². The molecule has 5 nitrogen and oxygen atoms in total. The van der Waals surface area contributed by atoms with E-state index in [-0.39, 0.29) is 12.5 Å². The van der Waals surface area contributed by atoms with Crippen LogP contribution in [0.5, 0.6) is 5.75 Å². The quantitative estimate of drug-likeness (QED) is 0.810. The fraction of sp³-hybridized carbons (Fsp3) is 0.500. The van der Waals surface area contributed by atoms with Gasteiger partial charge in [0.1, 0.15) is 12.4 Å². The van der Waals surface area contributed by atoms with Crippen LogP contribution in [-0.2, 0) is 16.0 Å². The number of ether oxygens (including phenoxy) is 2. The van der Waals surface area contributed by atoms with Gasteiger partial charge in [-0.05, 0) is 24.5 Å². The van der Waals surface area contributed by atoms with Crippen LogP contribution in [0.1, 0.15) is 18.4 Å². The number of aliphatic hydroxyl groups is 1. The molecule has 1 heterocycles. The summed E-state index contributed by atoms with van der Waals surface area (Å²) in [5.74, 6) is -0.618. The van der Waals surface area contributed by atoms with Crippen molar-refractivity contribution in [3.8, 4) is 5.75 Å². The fourth-order valence-corrected chi connectivity index (χ4v) is 2.07. The van der Waals surface area contributed by atoms with Crippen molar-refractivity contribution in [2.75, 3.05) is 13.2 Å². The second kappa shape index (κ2) is 6.54. The summed E-state index contributed by atoms with van der Waals surface area (Å²) in [5.41, 5.74) is 0.690. The van der Waals surface area contributed by atoms with Gasteiger partial charge >= 0.3 is 5.97 Å². The topological polar surface area (TPSA) is 76.0 Å². The van der Waals surface area contributed by atoms with Gasteiger partial charge in [0.05, 0.1) is 6.10 Å². The maximum Gasteiger partial charge on any atom is 0.332 e. The minimum absolute atomic E-state index is 0.0387. The average molecular weight is 266 g/mol. The van der Waals surface area contributed by atoms with Gasteiger partial charge in [0.2, 0.25) is 0 Å². The van der Waals surface area contributed by atoms with Gasteiger partial charge in [0.25, 0.3) is 0 Å². The highest BCUT2D eigenvalue weighted by Crippen LogP contribution is 2.21. The summed E-state index contributed by atoms with van der Waals surface area (Å²) in [6.07, 6.45) is 0.773. The molecule has 2 atom stereocenters. The first-order valence-electron chi connectivity index (χ1n) is 6.40. The van der Waals surface area contributed by atoms with Gasteiger partial charge < -0.3 is 19.7 Å². The largest absolute Gasteiger partial charge is 0.491 e. The van der Waals surface area contributed by atoms with Crippen molar-refractivity contribution in [1.82, 2.24) is 0 Å². The number of para-hydroxylation sites is 1. The first kappa shape index (κ1) is 13.8. The number of benzene rings is 1. The van der Waals surface area contributed by atoms with E-state index >= 15 is 0 Å². The third kappa shape index (κ3) is 3.94. The van der Waals surface area contributed by atoms with E-state index in [1.807, 2.05) is 6.07 Å². The SMILES string of the molecule is O=C(O)[C@H](O)Cc1ccccc1OC[C@H]1CCCO1. The van der Waals surface area contributed by atoms with Crippen LogP contribution in [0.3, 0.4) is 0 Å². The summed E-state index contributed by atoms with van der Waals surface area (Å²) in [4.78, 5) is 10.7. The normalized spacial score (nSPS) is 20.2. The van der Waals surface area contributed by atoms with Crippen LogP contribution in [0.2, 0.25) is 0 Å². The van der Waals surface area contributed by atoms with Crippen LogP contribution in [0.25, 0.3) is 0 Å². The molecule has 0 bridgehead atoms. The van der Waals surface area contributed by atoms with E-state index in [0.717, 1.165) is 19.4 Å². The lowest BCUT2D eigenvalue weighted by molar-refractivity contribution is -0.146. The molecule has 1 fully saturated rings. The highest BCUT2D eigenvalue weighted by Gasteiger charge is 2.19. The minimum Gasteiger partial charge on any atom is -0.491 e. The van der Waals surface area contributed by atoms with Gasteiger partial charge in [-0.3, -0.25) is 0 Å². The highest BCUT2D eigenvalue weighted by molar-refractivity contribution is 5.72. The maximum absolute atomic E-state index is 10.7. The second-order valence-electron chi connectivity index (χ2n) is 4.61. The average Bonchev–Trinajstić information content (AvgIpc) is 2.90. The van der Waals surface area contributed by atoms with Crippen molar-refractivity contribution in [3.05, 3.63) is 29.8 Å². The Labute approximate surface area is 111 Å². The summed E-state index contributed by atoms with van der Waals surface area (Å²) >= 11 is 0. The lowest BCUT2D eigenvalue weighted by Gasteiger charge is -2.15. The highest BCUT2D eigenvalue weighted by atomic mass is 16.5. The maximum atomic E-state index is 10.7. The van der Waals surface area contributed by atoms with Crippen molar-refractivity contribution >= 4 is 5.97 Å². The van der Waals surface area contributed by atoms with E-state index in [4.69, 9.17) is 14.6 Å². The summed E-state index contributed by atoms with van der Waals surface area (Å²) in [7, 11) is 0. The number of hydrogen-bond donors (Lipinski definition) is 2. The molecule has 1 aromatic rings. The number of aliphatic carboxylic acids is 1. The van der Waals surface area contributed by atoms with Crippen molar-refractivity contribution in [2.24, 2.45) is 0 Å². The van der Waals surface area contributed by atoms with Crippen molar-refractivity contribution < 1.29 is 24.5 Å². The van der Waals surface area contributed by atoms with Crippen LogP contribution in [0, 0.1) is 0 Å². The smallest absolute Gasteiger partial charge is 0.332 e. The summed E-state index contributed by atoms with van der Waals surface area (Å²) in [6.45, 7) is 1.23. The Morgan fingerprint density at radius 1 is 1.47 bits per heavy atom. The zero-order chi connectivity index (χ0) is 13.7. The van der Waals surface area contributed by atoms with E-state index in [0.29, 0.717) is 17.9 Å². The third-order valence-electron chi connectivity index (χ3n) is 3.12. The Morgan fingerprint density at radius 3 is 2.95 bits per heavy atom. The molecule has 2 rings (SSSR count). The molecule has 0 aromatic heterocycles. The minimum atomic E-state index is -1.41. The monoisotopic (exact) mass is 266 g/mol. The molecule has 19 heavy (non-hydrogen) atoms. The lowest BCUT2D eigenvalue weighted by Crippen LogP contribution is -2.23. The van der Waals surface area contributed by atoms with Gasteiger partial charge in [-0.15, -0.1) is 0 Å². The second-order valence-corrected chi connectivity index (χ2v) is 4.61. The number of carboxylic acid groups (broad SMARTS) is 1. The molecular formula is C14H18O5. The summed E-state index contributed by atoms with van der Waals surface area (Å²) < 4.78 is 11.1. The van der Waals surface area contributed by atoms with E-state index in [2.05, 4.69) is 0 Å². The number of hydrogen-bond acceptors (Lipinski definition) is 4. The molecule has 0 unspecified atom stereocenters. The first-order valence-corrected chi connectivity index (χ1v) is 6.40. The van der Waals surface area contributed by atoms with Crippen molar-refractivity contribution in [2.45, 2.75) is 31.5 Å². The third-order valence-corrected chi connectivity index (χ3v) is 3.12. The summed E-state index contributed by atoms with van der Waals surface area (Å²) in [5, 5.41) is 18.1. The Hall–Kier alpha value is -1.59. The molecule has 0 aliphatic carbocycles. The molecule has 2 N–H and O–H groups in total. The Morgan fingerprint density at radius 2 is 2.26 bits per heavy atom. The van der Waals surface area contributed by atoms with Crippen LogP contribution in [0.15, 0.2) is 24.3 Å². The van der Waals surface area contributed by atoms with Crippen LogP contribution < -0.4 is 4.74 Å². The van der Waals surface area contributed by atoms with Gasteiger partial charge in [0, 0.05) is 13.0 Å². The number of carbonyl (C=O) groups is 1. The van der Waals surface area contributed by atoms with E-state index in [9.17, 15) is 9.90 Å². The lowest BCUT2D eigenvalue weighted by atomic mass is 10.1. The summed E-state index contributed by atoms with van der Waals surface area (Å²) in [6, 6.07) is 7.15. The van der Waals surface area contributed by atoms with Crippen LogP contribution in [-0.4, -0.2) is 41.6 Å². The standard InChI is InChI=1S/C14H18O5/c15-12(14(16)17)8-10-4-1-2-6-13(10)19-9-11-5-3-7-18-11/h1-2,4,6,11-12,15H,3,5,7-9H2,(H,16,17)/t11-,12-/m1/s1. The first-order chi connectivity index (χ1) is 9.16. The molecule has 1 aromatic carbocycles. The Balaban J connectivity index is 1.96. The van der Waals surface area contributed by atoms with Crippen molar-refractivity contribution in [3.63, 3.8) is 0 Å². The van der Waals surface area contributed by atoms with Gasteiger partial charge in [-0.25, -0.2) is 4.79 Å². The van der Waals surface area contributed by atoms with Gasteiger partial charge in [-0.1, -0.05) is 18.2 Å². The zero-order valence-electron chi connectivity index (χ0n) is 10.6. The number of rotatable bonds is 6. The molecule has 0 spiro atoms. The molecule has 5 heteroatoms. The fourth-order valence-electron chi connectivity index (χ4n) is 2.07. The Kier molecular flexibility index (Phi) is 4.76. The molecule has 104 valence electrons. The van der Waals surface area contributed by atoms with Crippen LogP contribution in [0.4, 0.5) is 0 Å². The Bertz CT molecular complexity index is 426. The molecular weight excluding hydrogens is 248 g/mol. The van der Waals surface area contributed by atoms with E-state index < -0.39 is 12.1 Å². The molecule has 1 aliphatic heterocycles. The molecule has 1 saturated heterocycles. The van der Waals surface area contributed by atoms with E-state index in [1.54, 1.807) is 18.2 Å². The number of aliphatic hydroxyl groups excluding tert-OH is 1. The molecule has 1 aliphatic rings. The molecule has 0 radical (unpaired) electrons. The molecule has 0 saturated carbocycles. The zero-order valence-corrected chi connectivity index (χ0v) is 10.6. The number of carboxylic acids is 1. The van der Waals surface area contributed by atoms with Crippen molar-refractivity contribution in [1.29, 1.82) is 0 Å². The van der Waals surface area contributed by atoms with Gasteiger partial charge in [0.15, 0.2) is 6.10 Å². The molecule has 0 amide bonds. The predicted molar refractivity (Wildman–Crippen MR) is 68.3 cm³/mol. The van der Waals surface area contributed by atoms with Crippen LogP contribution >= 0.6 is 0 Å². The van der Waals surface area contributed by atoms with E-state index in [1.165, 1.54) is 0 Å².